The number of rotatable bonds is 6. The monoisotopic (exact) mass is 419 g/mol. The van der Waals surface area contributed by atoms with Crippen molar-refractivity contribution >= 4 is 32.7 Å². The van der Waals surface area contributed by atoms with Gasteiger partial charge in [-0.15, -0.1) is 0 Å². The third kappa shape index (κ3) is 4.13. The van der Waals surface area contributed by atoms with E-state index in [1.165, 1.54) is 11.3 Å². The molecule has 0 aliphatic heterocycles. The number of carbonyl (C=O) groups is 1. The summed E-state index contributed by atoms with van der Waals surface area (Å²) in [5, 5.41) is 8.76. The Morgan fingerprint density at radius 2 is 1.97 bits per heavy atom. The fraction of sp³-hybridized carbons (Fsp3) is 0.150. The molecule has 0 spiro atoms. The van der Waals surface area contributed by atoms with E-state index >= 15 is 0 Å². The van der Waals surface area contributed by atoms with Crippen LogP contribution in [-0.4, -0.2) is 32.5 Å². The molecular weight excluding hydrogens is 402 g/mol. The SMILES string of the molecule is CCNC(=O)Nc1nc2cc(-c3cnc(CN=O)nc3)cc(-c3ccccn3)c2s1. The first kappa shape index (κ1) is 19.5. The largest absolute Gasteiger partial charge is 0.338 e. The van der Waals surface area contributed by atoms with Crippen LogP contribution in [0.15, 0.2) is 54.1 Å². The van der Waals surface area contributed by atoms with Crippen molar-refractivity contribution < 1.29 is 4.79 Å². The number of benzene rings is 1. The highest BCUT2D eigenvalue weighted by atomic mass is 32.1. The van der Waals surface area contributed by atoms with Crippen molar-refractivity contribution in [2.75, 3.05) is 11.9 Å². The van der Waals surface area contributed by atoms with Crippen LogP contribution in [0.3, 0.4) is 0 Å². The summed E-state index contributed by atoms with van der Waals surface area (Å²) in [6.45, 7) is 2.30. The molecule has 0 saturated heterocycles. The van der Waals surface area contributed by atoms with Gasteiger partial charge in [0.1, 0.15) is 6.54 Å². The minimum absolute atomic E-state index is 0.0700. The number of thiazole rings is 1. The fourth-order valence-corrected chi connectivity index (χ4v) is 3.87. The van der Waals surface area contributed by atoms with Crippen molar-refractivity contribution in [1.82, 2.24) is 25.3 Å². The lowest BCUT2D eigenvalue weighted by Crippen LogP contribution is -2.28. The van der Waals surface area contributed by atoms with Gasteiger partial charge in [0.25, 0.3) is 0 Å². The van der Waals surface area contributed by atoms with Crippen molar-refractivity contribution in [3.05, 3.63) is 59.7 Å². The van der Waals surface area contributed by atoms with Gasteiger partial charge >= 0.3 is 6.03 Å². The number of aromatic nitrogens is 4. The molecule has 0 atom stereocenters. The third-order valence-corrected chi connectivity index (χ3v) is 5.25. The normalized spacial score (nSPS) is 10.7. The Morgan fingerprint density at radius 1 is 1.13 bits per heavy atom. The van der Waals surface area contributed by atoms with Crippen LogP contribution in [0.5, 0.6) is 0 Å². The lowest BCUT2D eigenvalue weighted by molar-refractivity contribution is 0.252. The van der Waals surface area contributed by atoms with Gasteiger partial charge in [0.15, 0.2) is 11.0 Å². The molecule has 30 heavy (non-hydrogen) atoms. The summed E-state index contributed by atoms with van der Waals surface area (Å²) in [5.41, 5.74) is 4.03. The number of fused-ring (bicyclic) bond motifs is 1. The van der Waals surface area contributed by atoms with Gasteiger partial charge in [0.05, 0.1) is 15.9 Å². The third-order valence-electron chi connectivity index (χ3n) is 4.23. The van der Waals surface area contributed by atoms with Crippen LogP contribution >= 0.6 is 11.3 Å². The Morgan fingerprint density at radius 3 is 2.67 bits per heavy atom. The zero-order valence-corrected chi connectivity index (χ0v) is 16.8. The van der Waals surface area contributed by atoms with Gasteiger partial charge in [-0.05, 0) is 36.8 Å². The van der Waals surface area contributed by atoms with Gasteiger partial charge in [-0.25, -0.2) is 19.7 Å². The first-order valence-corrected chi connectivity index (χ1v) is 10.0. The van der Waals surface area contributed by atoms with Gasteiger partial charge in [0, 0.05) is 36.3 Å². The maximum atomic E-state index is 11.9. The van der Waals surface area contributed by atoms with Crippen LogP contribution in [0, 0.1) is 4.91 Å². The molecule has 3 aromatic heterocycles. The Hall–Kier alpha value is -3.79. The molecule has 4 aromatic rings. The molecule has 0 fully saturated rings. The first-order valence-electron chi connectivity index (χ1n) is 9.19. The minimum Gasteiger partial charge on any atom is -0.338 e. The molecule has 0 aliphatic carbocycles. The van der Waals surface area contributed by atoms with Crippen LogP contribution in [0.2, 0.25) is 0 Å². The van der Waals surface area contributed by atoms with E-state index < -0.39 is 0 Å². The molecule has 10 heteroatoms. The number of nitrogens with zero attached hydrogens (tertiary/aromatic N) is 5. The van der Waals surface area contributed by atoms with Crippen molar-refractivity contribution in [2.45, 2.75) is 13.5 Å². The van der Waals surface area contributed by atoms with Gasteiger partial charge < -0.3 is 5.32 Å². The average molecular weight is 419 g/mol. The van der Waals surface area contributed by atoms with E-state index in [-0.39, 0.29) is 12.6 Å². The second-order valence-electron chi connectivity index (χ2n) is 6.27. The summed E-state index contributed by atoms with van der Waals surface area (Å²) in [6, 6.07) is 9.30. The second-order valence-corrected chi connectivity index (χ2v) is 7.26. The lowest BCUT2D eigenvalue weighted by Gasteiger charge is -2.07. The standard InChI is InChI=1S/C20H17N7O2S/c1-2-21-19(28)27-20-26-16-8-12(13-9-23-17(11-25-29)24-10-13)7-14(18(16)30-20)15-5-3-4-6-22-15/h3-10H,2,11H2,1H3,(H2,21,26,27,28). The second kappa shape index (κ2) is 8.70. The van der Waals surface area contributed by atoms with Crippen molar-refractivity contribution in [1.29, 1.82) is 0 Å². The van der Waals surface area contributed by atoms with E-state index in [2.05, 4.69) is 35.7 Å². The lowest BCUT2D eigenvalue weighted by atomic mass is 10.0. The first-order chi connectivity index (χ1) is 14.7. The summed E-state index contributed by atoms with van der Waals surface area (Å²) in [7, 11) is 0. The molecule has 9 nitrogen and oxygen atoms in total. The van der Waals surface area contributed by atoms with Crippen molar-refractivity contribution in [3.8, 4) is 22.4 Å². The fourth-order valence-electron chi connectivity index (χ4n) is 2.91. The average Bonchev–Trinajstić information content (AvgIpc) is 3.16. The molecule has 0 saturated carbocycles. The van der Waals surface area contributed by atoms with E-state index in [0.29, 0.717) is 17.5 Å². The molecule has 1 aromatic carbocycles. The maximum Gasteiger partial charge on any atom is 0.321 e. The number of nitroso groups, excluding NO2 is 1. The molecule has 0 radical (unpaired) electrons. The topological polar surface area (TPSA) is 122 Å². The summed E-state index contributed by atoms with van der Waals surface area (Å²) >= 11 is 1.38. The smallest absolute Gasteiger partial charge is 0.321 e. The van der Waals surface area contributed by atoms with Crippen LogP contribution in [0.1, 0.15) is 12.7 Å². The molecule has 3 heterocycles. The van der Waals surface area contributed by atoms with E-state index in [1.807, 2.05) is 37.3 Å². The van der Waals surface area contributed by atoms with E-state index in [4.69, 9.17) is 0 Å². The number of urea groups is 1. The number of anilines is 1. The Balaban J connectivity index is 1.81. The molecule has 150 valence electrons. The van der Waals surface area contributed by atoms with Crippen LogP contribution < -0.4 is 10.6 Å². The molecule has 2 amide bonds. The summed E-state index contributed by atoms with van der Waals surface area (Å²) in [5.74, 6) is 0.363. The Bertz CT molecular complexity index is 1190. The van der Waals surface area contributed by atoms with Crippen molar-refractivity contribution in [3.63, 3.8) is 0 Å². The highest BCUT2D eigenvalue weighted by Gasteiger charge is 2.15. The van der Waals surface area contributed by atoms with E-state index in [9.17, 15) is 9.70 Å². The molecule has 0 aliphatic rings. The highest BCUT2D eigenvalue weighted by molar-refractivity contribution is 7.22. The summed E-state index contributed by atoms with van der Waals surface area (Å²) < 4.78 is 0.909. The molecule has 2 N–H and O–H groups in total. The van der Waals surface area contributed by atoms with Crippen molar-refractivity contribution in [2.24, 2.45) is 5.18 Å². The summed E-state index contributed by atoms with van der Waals surface area (Å²) in [6.07, 6.45) is 5.03. The number of hydrogen-bond donors (Lipinski definition) is 2. The molecular formula is C20H17N7O2S. The quantitative estimate of drug-likeness (QED) is 0.451. The number of pyridine rings is 1. The number of carbonyl (C=O) groups excluding carboxylic acids is 1. The minimum atomic E-state index is -0.302. The van der Waals surface area contributed by atoms with E-state index in [1.54, 1.807) is 18.6 Å². The predicted molar refractivity (Wildman–Crippen MR) is 116 cm³/mol. The zero-order valence-electron chi connectivity index (χ0n) is 16.0. The van der Waals surface area contributed by atoms with Crippen LogP contribution in [0.25, 0.3) is 32.6 Å². The predicted octanol–water partition coefficient (Wildman–Crippen LogP) is 4.22. The molecule has 0 bridgehead atoms. The number of amides is 2. The van der Waals surface area contributed by atoms with Gasteiger partial charge in [-0.1, -0.05) is 22.6 Å². The number of hydrogen-bond acceptors (Lipinski definition) is 8. The highest BCUT2D eigenvalue weighted by Crippen LogP contribution is 2.37. The number of nitrogens with one attached hydrogen (secondary N) is 2. The van der Waals surface area contributed by atoms with Crippen LogP contribution in [-0.2, 0) is 6.54 Å². The van der Waals surface area contributed by atoms with Crippen LogP contribution in [0.4, 0.5) is 9.93 Å². The van der Waals surface area contributed by atoms with Gasteiger partial charge in [-0.3, -0.25) is 10.3 Å². The summed E-state index contributed by atoms with van der Waals surface area (Å²) in [4.78, 5) is 39.7. The van der Waals surface area contributed by atoms with Gasteiger partial charge in [-0.2, -0.15) is 4.91 Å². The zero-order chi connectivity index (χ0) is 20.9. The van der Waals surface area contributed by atoms with Gasteiger partial charge in [0.2, 0.25) is 0 Å². The maximum absolute atomic E-state index is 11.9. The molecule has 4 rings (SSSR count). The molecule has 0 unspecified atom stereocenters. The Kier molecular flexibility index (Phi) is 5.66. The van der Waals surface area contributed by atoms with E-state index in [0.717, 1.165) is 32.6 Å². The Labute approximate surface area is 175 Å².